The molecule has 2 rings (SSSR count). The van der Waals surface area contributed by atoms with E-state index < -0.39 is 0 Å². The zero-order valence-corrected chi connectivity index (χ0v) is 12.9. The van der Waals surface area contributed by atoms with Crippen molar-refractivity contribution in [2.45, 2.75) is 70.9 Å². The molecule has 3 atom stereocenters. The zero-order valence-electron chi connectivity index (χ0n) is 12.9. The Morgan fingerprint density at radius 1 is 1.15 bits per heavy atom. The smallest absolute Gasteiger partial charge is 0.123 e. The van der Waals surface area contributed by atoms with Gasteiger partial charge in [0.2, 0.25) is 0 Å². The van der Waals surface area contributed by atoms with Gasteiger partial charge in [0, 0.05) is 12.1 Å². The van der Waals surface area contributed by atoms with Gasteiger partial charge in [0.05, 0.1) is 0 Å². The summed E-state index contributed by atoms with van der Waals surface area (Å²) in [5.41, 5.74) is 1.18. The summed E-state index contributed by atoms with van der Waals surface area (Å²) in [4.78, 5) is 0. The summed E-state index contributed by atoms with van der Waals surface area (Å²) in [5, 5.41) is 3.73. The predicted octanol–water partition coefficient (Wildman–Crippen LogP) is 5.23. The van der Waals surface area contributed by atoms with Crippen LogP contribution in [0.5, 0.6) is 0 Å². The Morgan fingerprint density at radius 2 is 1.90 bits per heavy atom. The maximum Gasteiger partial charge on any atom is 0.123 e. The van der Waals surface area contributed by atoms with E-state index in [9.17, 15) is 4.39 Å². The topological polar surface area (TPSA) is 12.0 Å². The van der Waals surface area contributed by atoms with Gasteiger partial charge in [-0.05, 0) is 49.8 Å². The fourth-order valence-corrected chi connectivity index (χ4v) is 3.44. The van der Waals surface area contributed by atoms with Gasteiger partial charge >= 0.3 is 0 Å². The molecular formula is C18H28FN. The van der Waals surface area contributed by atoms with Crippen molar-refractivity contribution >= 4 is 0 Å². The molecule has 1 fully saturated rings. The SMILES string of the molecule is CCCC1CCCC(N[C@@H](C)c2ccc(F)cc2)CC1. The third-order valence-corrected chi connectivity index (χ3v) is 4.64. The molecule has 1 N–H and O–H groups in total. The lowest BCUT2D eigenvalue weighted by molar-refractivity contribution is 0.392. The molecule has 0 heterocycles. The molecule has 0 radical (unpaired) electrons. The summed E-state index contributed by atoms with van der Waals surface area (Å²) in [5.74, 6) is 0.783. The highest BCUT2D eigenvalue weighted by Crippen LogP contribution is 2.28. The maximum absolute atomic E-state index is 13.0. The quantitative estimate of drug-likeness (QED) is 0.727. The lowest BCUT2D eigenvalue weighted by Gasteiger charge is -2.22. The van der Waals surface area contributed by atoms with Crippen LogP contribution in [-0.2, 0) is 0 Å². The van der Waals surface area contributed by atoms with Crippen molar-refractivity contribution in [1.82, 2.24) is 5.32 Å². The minimum absolute atomic E-state index is 0.155. The molecule has 112 valence electrons. The van der Waals surface area contributed by atoms with Crippen molar-refractivity contribution < 1.29 is 4.39 Å². The van der Waals surface area contributed by atoms with E-state index in [-0.39, 0.29) is 5.82 Å². The number of halogens is 1. The molecule has 2 unspecified atom stereocenters. The standard InChI is InChI=1S/C18H28FN/c1-3-5-15-6-4-7-18(13-8-15)20-14(2)16-9-11-17(19)12-10-16/h9-12,14-15,18,20H,3-8,13H2,1-2H3/t14-,15?,18?/m0/s1. The van der Waals surface area contributed by atoms with Crippen molar-refractivity contribution in [1.29, 1.82) is 0 Å². The fourth-order valence-electron chi connectivity index (χ4n) is 3.44. The second-order valence-corrected chi connectivity index (χ2v) is 6.30. The van der Waals surface area contributed by atoms with Gasteiger partial charge in [-0.25, -0.2) is 4.39 Å². The summed E-state index contributed by atoms with van der Waals surface area (Å²) in [6.07, 6.45) is 9.38. The second kappa shape index (κ2) is 7.78. The van der Waals surface area contributed by atoms with Crippen LogP contribution in [0.1, 0.15) is 70.4 Å². The zero-order chi connectivity index (χ0) is 14.4. The molecule has 2 heteroatoms. The van der Waals surface area contributed by atoms with Gasteiger partial charge in [-0.15, -0.1) is 0 Å². The van der Waals surface area contributed by atoms with Gasteiger partial charge in [-0.1, -0.05) is 44.7 Å². The van der Waals surface area contributed by atoms with E-state index in [4.69, 9.17) is 0 Å². The molecule has 0 saturated heterocycles. The summed E-state index contributed by atoms with van der Waals surface area (Å²) >= 11 is 0. The first-order valence-electron chi connectivity index (χ1n) is 8.20. The number of rotatable bonds is 5. The maximum atomic E-state index is 13.0. The van der Waals surface area contributed by atoms with E-state index in [0.717, 1.165) is 5.92 Å². The third-order valence-electron chi connectivity index (χ3n) is 4.64. The van der Waals surface area contributed by atoms with Crippen LogP contribution >= 0.6 is 0 Å². The molecule has 0 amide bonds. The molecule has 1 nitrogen and oxygen atoms in total. The van der Waals surface area contributed by atoms with E-state index >= 15 is 0 Å². The molecule has 0 aliphatic heterocycles. The van der Waals surface area contributed by atoms with Gasteiger partial charge < -0.3 is 5.32 Å². The monoisotopic (exact) mass is 277 g/mol. The number of hydrogen-bond donors (Lipinski definition) is 1. The number of benzene rings is 1. The molecule has 0 aromatic heterocycles. The Hall–Kier alpha value is -0.890. The normalized spacial score (nSPS) is 25.1. The Bertz CT molecular complexity index is 387. The molecule has 1 aliphatic rings. The first kappa shape index (κ1) is 15.5. The van der Waals surface area contributed by atoms with Gasteiger partial charge in [0.1, 0.15) is 5.82 Å². The Labute approximate surface area is 123 Å². The van der Waals surface area contributed by atoms with Crippen molar-refractivity contribution in [2.75, 3.05) is 0 Å². The minimum atomic E-state index is -0.155. The first-order chi connectivity index (χ1) is 9.69. The van der Waals surface area contributed by atoms with Crippen LogP contribution in [0.25, 0.3) is 0 Å². The van der Waals surface area contributed by atoms with Gasteiger partial charge in [-0.2, -0.15) is 0 Å². The van der Waals surface area contributed by atoms with E-state index in [2.05, 4.69) is 19.2 Å². The lowest BCUT2D eigenvalue weighted by atomic mass is 9.95. The summed E-state index contributed by atoms with van der Waals surface area (Å²) in [6, 6.07) is 7.82. The van der Waals surface area contributed by atoms with Gasteiger partial charge in [0.25, 0.3) is 0 Å². The molecule has 1 aliphatic carbocycles. The molecule has 20 heavy (non-hydrogen) atoms. The highest BCUT2D eigenvalue weighted by Gasteiger charge is 2.19. The van der Waals surface area contributed by atoms with Crippen LogP contribution in [0.4, 0.5) is 4.39 Å². The largest absolute Gasteiger partial charge is 0.307 e. The van der Waals surface area contributed by atoms with Crippen LogP contribution in [0, 0.1) is 11.7 Å². The van der Waals surface area contributed by atoms with E-state index in [0.29, 0.717) is 12.1 Å². The Kier molecular flexibility index (Phi) is 6.03. The van der Waals surface area contributed by atoms with Crippen LogP contribution in [-0.4, -0.2) is 6.04 Å². The molecule has 0 bridgehead atoms. The second-order valence-electron chi connectivity index (χ2n) is 6.30. The Morgan fingerprint density at radius 3 is 2.60 bits per heavy atom. The highest BCUT2D eigenvalue weighted by molar-refractivity contribution is 5.19. The minimum Gasteiger partial charge on any atom is -0.307 e. The first-order valence-corrected chi connectivity index (χ1v) is 8.20. The van der Waals surface area contributed by atoms with Crippen LogP contribution in [0.3, 0.4) is 0 Å². The van der Waals surface area contributed by atoms with Crippen LogP contribution < -0.4 is 5.32 Å². The summed E-state index contributed by atoms with van der Waals surface area (Å²) in [6.45, 7) is 4.47. The lowest BCUT2D eigenvalue weighted by Crippen LogP contribution is -2.31. The predicted molar refractivity (Wildman–Crippen MR) is 83.2 cm³/mol. The van der Waals surface area contributed by atoms with Gasteiger partial charge in [-0.3, -0.25) is 0 Å². The number of nitrogens with one attached hydrogen (secondary N) is 1. The molecule has 0 spiro atoms. The van der Waals surface area contributed by atoms with E-state index in [1.165, 1.54) is 50.5 Å². The van der Waals surface area contributed by atoms with Crippen molar-refractivity contribution in [2.24, 2.45) is 5.92 Å². The van der Waals surface area contributed by atoms with Gasteiger partial charge in [0.15, 0.2) is 0 Å². The third kappa shape index (κ3) is 4.59. The van der Waals surface area contributed by atoms with Crippen molar-refractivity contribution in [3.63, 3.8) is 0 Å². The Balaban J connectivity index is 1.85. The molecule has 1 aromatic rings. The van der Waals surface area contributed by atoms with Crippen LogP contribution in [0.15, 0.2) is 24.3 Å². The van der Waals surface area contributed by atoms with E-state index in [1.54, 1.807) is 12.1 Å². The van der Waals surface area contributed by atoms with E-state index in [1.807, 2.05) is 12.1 Å². The number of hydrogen-bond acceptors (Lipinski definition) is 1. The summed E-state index contributed by atoms with van der Waals surface area (Å²) < 4.78 is 13.0. The molecule has 1 aromatic carbocycles. The van der Waals surface area contributed by atoms with Crippen molar-refractivity contribution in [3.05, 3.63) is 35.6 Å². The summed E-state index contributed by atoms with van der Waals surface area (Å²) in [7, 11) is 0. The van der Waals surface area contributed by atoms with Crippen molar-refractivity contribution in [3.8, 4) is 0 Å². The average molecular weight is 277 g/mol. The van der Waals surface area contributed by atoms with Crippen LogP contribution in [0.2, 0.25) is 0 Å². The average Bonchev–Trinajstić information content (AvgIpc) is 2.66. The highest BCUT2D eigenvalue weighted by atomic mass is 19.1. The molecule has 1 saturated carbocycles. The molecular weight excluding hydrogens is 249 g/mol. The fraction of sp³-hybridized carbons (Fsp3) is 0.667.